The van der Waals surface area contributed by atoms with Crippen LogP contribution in [0.5, 0.6) is 11.5 Å². The molecule has 3 rings (SSSR count). The number of benzene rings is 2. The second-order valence-electron chi connectivity index (χ2n) is 5.33. The van der Waals surface area contributed by atoms with Crippen LogP contribution >= 0.6 is 11.8 Å². The molecule has 0 fully saturated rings. The SMILES string of the molecule is CC(=O)c1ccccc1NC(=O)CSCc1ccc2c(c1)OCO2. The van der Waals surface area contributed by atoms with E-state index >= 15 is 0 Å². The quantitative estimate of drug-likeness (QED) is 0.814. The van der Waals surface area contributed by atoms with Crippen molar-refractivity contribution in [1.82, 2.24) is 0 Å². The van der Waals surface area contributed by atoms with Gasteiger partial charge in [-0.15, -0.1) is 11.8 Å². The van der Waals surface area contributed by atoms with Gasteiger partial charge in [0.1, 0.15) is 0 Å². The third kappa shape index (κ3) is 3.89. The van der Waals surface area contributed by atoms with Gasteiger partial charge in [-0.25, -0.2) is 0 Å². The van der Waals surface area contributed by atoms with Crippen LogP contribution in [0.25, 0.3) is 0 Å². The van der Waals surface area contributed by atoms with E-state index in [1.54, 1.807) is 24.3 Å². The van der Waals surface area contributed by atoms with Gasteiger partial charge in [-0.2, -0.15) is 0 Å². The molecule has 5 nitrogen and oxygen atoms in total. The summed E-state index contributed by atoms with van der Waals surface area (Å²) < 4.78 is 10.6. The van der Waals surface area contributed by atoms with E-state index in [0.717, 1.165) is 17.1 Å². The number of para-hydroxylation sites is 1. The van der Waals surface area contributed by atoms with Crippen LogP contribution in [0.3, 0.4) is 0 Å². The Morgan fingerprint density at radius 2 is 1.92 bits per heavy atom. The molecule has 2 aromatic rings. The third-order valence-corrected chi connectivity index (χ3v) is 4.52. The molecule has 0 aliphatic carbocycles. The first-order valence-corrected chi connectivity index (χ1v) is 8.65. The van der Waals surface area contributed by atoms with Crippen LogP contribution in [0.4, 0.5) is 5.69 Å². The summed E-state index contributed by atoms with van der Waals surface area (Å²) in [4.78, 5) is 23.6. The summed E-state index contributed by atoms with van der Waals surface area (Å²) >= 11 is 1.50. The van der Waals surface area contributed by atoms with Crippen molar-refractivity contribution in [3.05, 3.63) is 53.6 Å². The number of hydrogen-bond donors (Lipinski definition) is 1. The second kappa shape index (κ2) is 7.40. The van der Waals surface area contributed by atoms with Crippen molar-refractivity contribution in [2.75, 3.05) is 17.9 Å². The lowest BCUT2D eigenvalue weighted by atomic mass is 10.1. The topological polar surface area (TPSA) is 64.6 Å². The highest BCUT2D eigenvalue weighted by Crippen LogP contribution is 2.33. The molecule has 1 amide bonds. The van der Waals surface area contributed by atoms with Crippen molar-refractivity contribution in [3.8, 4) is 11.5 Å². The van der Waals surface area contributed by atoms with Gasteiger partial charge in [0.25, 0.3) is 0 Å². The number of Topliss-reactive ketones (excluding diaryl/α,β-unsaturated/α-hetero) is 1. The number of anilines is 1. The molecule has 0 unspecified atom stereocenters. The van der Waals surface area contributed by atoms with E-state index in [2.05, 4.69) is 5.32 Å². The molecule has 0 saturated carbocycles. The minimum absolute atomic E-state index is 0.0705. The van der Waals surface area contributed by atoms with Gasteiger partial charge < -0.3 is 14.8 Å². The molecule has 124 valence electrons. The minimum Gasteiger partial charge on any atom is -0.454 e. The van der Waals surface area contributed by atoms with Gasteiger partial charge in [0.05, 0.1) is 11.4 Å². The van der Waals surface area contributed by atoms with Crippen LogP contribution in [0.1, 0.15) is 22.8 Å². The van der Waals surface area contributed by atoms with Gasteiger partial charge in [-0.05, 0) is 36.8 Å². The minimum atomic E-state index is -0.130. The number of thioether (sulfide) groups is 1. The van der Waals surface area contributed by atoms with Crippen LogP contribution in [-0.4, -0.2) is 24.2 Å². The van der Waals surface area contributed by atoms with E-state index in [4.69, 9.17) is 9.47 Å². The van der Waals surface area contributed by atoms with Crippen LogP contribution < -0.4 is 14.8 Å². The average molecular weight is 343 g/mol. The Balaban J connectivity index is 1.52. The molecule has 0 spiro atoms. The fourth-order valence-corrected chi connectivity index (χ4v) is 3.15. The molecule has 0 radical (unpaired) electrons. The fraction of sp³-hybridized carbons (Fsp3) is 0.222. The number of fused-ring (bicyclic) bond motifs is 1. The molecular formula is C18H17NO4S. The molecule has 1 N–H and O–H groups in total. The number of carbonyl (C=O) groups excluding carboxylic acids is 2. The lowest BCUT2D eigenvalue weighted by Gasteiger charge is -2.09. The molecule has 1 aliphatic rings. The first-order valence-electron chi connectivity index (χ1n) is 7.49. The number of hydrogen-bond acceptors (Lipinski definition) is 5. The smallest absolute Gasteiger partial charge is 0.234 e. The Morgan fingerprint density at radius 1 is 1.12 bits per heavy atom. The van der Waals surface area contributed by atoms with E-state index < -0.39 is 0 Å². The largest absolute Gasteiger partial charge is 0.454 e. The summed E-state index contributed by atoms with van der Waals surface area (Å²) in [6, 6.07) is 12.8. The number of ketones is 1. The maximum Gasteiger partial charge on any atom is 0.234 e. The predicted octanol–water partition coefficient (Wildman–Crippen LogP) is 3.49. The number of nitrogens with one attached hydrogen (secondary N) is 1. The number of amides is 1. The highest BCUT2D eigenvalue weighted by Gasteiger charge is 2.14. The van der Waals surface area contributed by atoms with Crippen molar-refractivity contribution in [2.24, 2.45) is 0 Å². The van der Waals surface area contributed by atoms with Gasteiger partial charge in [0.15, 0.2) is 17.3 Å². The van der Waals surface area contributed by atoms with Crippen LogP contribution in [0.15, 0.2) is 42.5 Å². The normalized spacial score (nSPS) is 12.0. The fourth-order valence-electron chi connectivity index (χ4n) is 2.38. The first-order chi connectivity index (χ1) is 11.6. The lowest BCUT2D eigenvalue weighted by molar-refractivity contribution is -0.113. The summed E-state index contributed by atoms with van der Waals surface area (Å²) in [5.41, 5.74) is 2.14. The van der Waals surface area contributed by atoms with Gasteiger partial charge in [0.2, 0.25) is 12.7 Å². The summed E-state index contributed by atoms with van der Waals surface area (Å²) in [5, 5.41) is 2.79. The summed E-state index contributed by atoms with van der Waals surface area (Å²) in [5.74, 6) is 2.29. The van der Waals surface area contributed by atoms with Crippen molar-refractivity contribution >= 4 is 29.1 Å². The Labute approximate surface area is 144 Å². The summed E-state index contributed by atoms with van der Waals surface area (Å²) in [7, 11) is 0. The second-order valence-corrected chi connectivity index (χ2v) is 6.32. The van der Waals surface area contributed by atoms with Crippen molar-refractivity contribution in [1.29, 1.82) is 0 Å². The summed E-state index contributed by atoms with van der Waals surface area (Å²) in [6.07, 6.45) is 0. The van der Waals surface area contributed by atoms with E-state index in [1.165, 1.54) is 18.7 Å². The van der Waals surface area contributed by atoms with Gasteiger partial charge in [-0.3, -0.25) is 9.59 Å². The Bertz CT molecular complexity index is 775. The molecule has 0 bridgehead atoms. The molecule has 2 aromatic carbocycles. The first kappa shape index (κ1) is 16.4. The highest BCUT2D eigenvalue weighted by molar-refractivity contribution is 7.99. The Morgan fingerprint density at radius 3 is 2.75 bits per heavy atom. The molecule has 0 saturated heterocycles. The number of carbonyl (C=O) groups is 2. The molecule has 1 aliphatic heterocycles. The van der Waals surface area contributed by atoms with Crippen molar-refractivity contribution < 1.29 is 19.1 Å². The molecule has 0 atom stereocenters. The van der Waals surface area contributed by atoms with Crippen LogP contribution in [-0.2, 0) is 10.5 Å². The lowest BCUT2D eigenvalue weighted by Crippen LogP contribution is -2.16. The predicted molar refractivity (Wildman–Crippen MR) is 93.8 cm³/mol. The molecular weight excluding hydrogens is 326 g/mol. The third-order valence-electron chi connectivity index (χ3n) is 3.52. The molecule has 24 heavy (non-hydrogen) atoms. The average Bonchev–Trinajstić information content (AvgIpc) is 3.03. The Hall–Kier alpha value is -2.47. The maximum atomic E-state index is 12.1. The number of ether oxygens (including phenoxy) is 2. The van der Waals surface area contributed by atoms with E-state index in [-0.39, 0.29) is 18.5 Å². The highest BCUT2D eigenvalue weighted by atomic mass is 32.2. The molecule has 0 aromatic heterocycles. The van der Waals surface area contributed by atoms with Crippen molar-refractivity contribution in [3.63, 3.8) is 0 Å². The van der Waals surface area contributed by atoms with E-state index in [9.17, 15) is 9.59 Å². The van der Waals surface area contributed by atoms with Gasteiger partial charge in [0, 0.05) is 11.3 Å². The molecule has 6 heteroatoms. The maximum absolute atomic E-state index is 12.1. The van der Waals surface area contributed by atoms with Crippen molar-refractivity contribution in [2.45, 2.75) is 12.7 Å². The van der Waals surface area contributed by atoms with E-state index in [0.29, 0.717) is 22.8 Å². The van der Waals surface area contributed by atoms with Gasteiger partial charge in [-0.1, -0.05) is 18.2 Å². The number of rotatable bonds is 6. The van der Waals surface area contributed by atoms with E-state index in [1.807, 2.05) is 18.2 Å². The Kier molecular flexibility index (Phi) is 5.05. The monoisotopic (exact) mass is 343 g/mol. The zero-order chi connectivity index (χ0) is 16.9. The van der Waals surface area contributed by atoms with Crippen LogP contribution in [0.2, 0.25) is 0 Å². The van der Waals surface area contributed by atoms with Gasteiger partial charge >= 0.3 is 0 Å². The standard InChI is InChI=1S/C18H17NO4S/c1-12(20)14-4-2-3-5-15(14)19-18(21)10-24-9-13-6-7-16-17(8-13)23-11-22-16/h2-8H,9-11H2,1H3,(H,19,21). The zero-order valence-electron chi connectivity index (χ0n) is 13.2. The molecule has 1 heterocycles. The van der Waals surface area contributed by atoms with Crippen LogP contribution in [0, 0.1) is 0 Å². The zero-order valence-corrected chi connectivity index (χ0v) is 14.0. The summed E-state index contributed by atoms with van der Waals surface area (Å²) in [6.45, 7) is 1.74.